The second kappa shape index (κ2) is 6.41. The molecule has 28 heavy (non-hydrogen) atoms. The highest BCUT2D eigenvalue weighted by molar-refractivity contribution is 6.06. The smallest absolute Gasteiger partial charge is 0.235 e. The number of hydrogen-bond donors (Lipinski definition) is 0. The number of benzene rings is 2. The number of aryl methyl sites for hydroxylation is 1. The van der Waals surface area contributed by atoms with Gasteiger partial charge in [0.2, 0.25) is 11.8 Å². The molecule has 6 heteroatoms. The average Bonchev–Trinajstić information content (AvgIpc) is 3.24. The number of para-hydroxylation sites is 2. The third kappa shape index (κ3) is 2.64. The van der Waals surface area contributed by atoms with Crippen LogP contribution in [0.5, 0.6) is 0 Å². The topological polar surface area (TPSA) is 66.4 Å². The van der Waals surface area contributed by atoms with Crippen LogP contribution in [0.1, 0.15) is 11.3 Å². The van der Waals surface area contributed by atoms with Crippen molar-refractivity contribution in [2.75, 3.05) is 18.0 Å². The molecular weight excluding hydrogens is 352 g/mol. The number of amides is 2. The standard InChI is InChI=1S/C22H20N4O2/c1-14-20(24-19-10-6-5-9-18(19)23-14)25-12-16-17(13-25)22(28)26(21(16)27)11-15-7-3-2-4-8-15/h2-10,16-17H,11-13H2,1H3. The maximum absolute atomic E-state index is 12.9. The summed E-state index contributed by atoms with van der Waals surface area (Å²) >= 11 is 0. The molecule has 1 aromatic heterocycles. The predicted octanol–water partition coefficient (Wildman–Crippen LogP) is 2.56. The SMILES string of the molecule is Cc1nc2ccccc2nc1N1CC2C(=O)N(Cc3ccccc3)C(=O)C2C1. The first-order chi connectivity index (χ1) is 13.6. The van der Waals surface area contributed by atoms with E-state index in [1.54, 1.807) is 0 Å². The van der Waals surface area contributed by atoms with E-state index in [-0.39, 0.29) is 23.7 Å². The fourth-order valence-corrected chi connectivity index (χ4v) is 4.29. The highest BCUT2D eigenvalue weighted by atomic mass is 16.2. The normalized spacial score (nSPS) is 21.6. The van der Waals surface area contributed by atoms with Gasteiger partial charge in [0, 0.05) is 13.1 Å². The molecule has 2 unspecified atom stereocenters. The average molecular weight is 372 g/mol. The van der Waals surface area contributed by atoms with Crippen molar-refractivity contribution in [1.29, 1.82) is 0 Å². The Labute approximate surface area is 162 Å². The van der Waals surface area contributed by atoms with Gasteiger partial charge in [-0.2, -0.15) is 0 Å². The number of aromatic nitrogens is 2. The third-order valence-corrected chi connectivity index (χ3v) is 5.69. The lowest BCUT2D eigenvalue weighted by atomic mass is 10.00. The molecule has 2 fully saturated rings. The lowest BCUT2D eigenvalue weighted by Crippen LogP contribution is -2.36. The Bertz CT molecular complexity index is 1060. The van der Waals surface area contributed by atoms with Gasteiger partial charge in [-0.05, 0) is 24.6 Å². The summed E-state index contributed by atoms with van der Waals surface area (Å²) in [6, 6.07) is 17.4. The molecule has 2 aliphatic rings. The van der Waals surface area contributed by atoms with Gasteiger partial charge < -0.3 is 4.90 Å². The van der Waals surface area contributed by atoms with Crippen LogP contribution >= 0.6 is 0 Å². The summed E-state index contributed by atoms with van der Waals surface area (Å²) in [5, 5.41) is 0. The second-order valence-corrected chi connectivity index (χ2v) is 7.49. The molecule has 3 aromatic rings. The number of nitrogens with zero attached hydrogens (tertiary/aromatic N) is 4. The van der Waals surface area contributed by atoms with Crippen molar-refractivity contribution in [2.24, 2.45) is 11.8 Å². The van der Waals surface area contributed by atoms with Crippen LogP contribution in [-0.4, -0.2) is 39.8 Å². The van der Waals surface area contributed by atoms with Crippen molar-refractivity contribution in [3.05, 3.63) is 65.9 Å². The first-order valence-electron chi connectivity index (χ1n) is 9.49. The van der Waals surface area contributed by atoms with Crippen molar-refractivity contribution in [3.8, 4) is 0 Å². The summed E-state index contributed by atoms with van der Waals surface area (Å²) in [5.74, 6) is 0.0107. The molecule has 0 saturated carbocycles. The molecule has 6 nitrogen and oxygen atoms in total. The summed E-state index contributed by atoms with van der Waals surface area (Å²) in [5.41, 5.74) is 3.46. The number of carbonyl (C=O) groups excluding carboxylic acids is 2. The van der Waals surface area contributed by atoms with Gasteiger partial charge in [-0.15, -0.1) is 0 Å². The quantitative estimate of drug-likeness (QED) is 0.661. The lowest BCUT2D eigenvalue weighted by Gasteiger charge is -2.22. The highest BCUT2D eigenvalue weighted by Crippen LogP contribution is 2.37. The number of hydrogen-bond acceptors (Lipinski definition) is 5. The summed E-state index contributed by atoms with van der Waals surface area (Å²) in [7, 11) is 0. The van der Waals surface area contributed by atoms with Crippen LogP contribution in [0.3, 0.4) is 0 Å². The Morgan fingerprint density at radius 1 is 0.857 bits per heavy atom. The van der Waals surface area contributed by atoms with Crippen LogP contribution < -0.4 is 4.90 Å². The number of likely N-dealkylation sites (tertiary alicyclic amines) is 1. The molecule has 5 rings (SSSR count). The molecule has 2 aromatic carbocycles. The van der Waals surface area contributed by atoms with Crippen molar-refractivity contribution >= 4 is 28.7 Å². The molecule has 2 aliphatic heterocycles. The van der Waals surface area contributed by atoms with Crippen molar-refractivity contribution in [3.63, 3.8) is 0 Å². The van der Waals surface area contributed by atoms with Crippen LogP contribution in [0.2, 0.25) is 0 Å². The Kier molecular flexibility index (Phi) is 3.86. The van der Waals surface area contributed by atoms with Crippen LogP contribution in [0.25, 0.3) is 11.0 Å². The fourth-order valence-electron chi connectivity index (χ4n) is 4.29. The molecular formula is C22H20N4O2. The van der Waals surface area contributed by atoms with Gasteiger partial charge in [0.05, 0.1) is 35.1 Å². The predicted molar refractivity (Wildman–Crippen MR) is 105 cm³/mol. The maximum Gasteiger partial charge on any atom is 0.235 e. The number of imide groups is 1. The van der Waals surface area contributed by atoms with Crippen LogP contribution in [-0.2, 0) is 16.1 Å². The van der Waals surface area contributed by atoms with Crippen LogP contribution in [0.4, 0.5) is 5.82 Å². The van der Waals surface area contributed by atoms with E-state index in [0.29, 0.717) is 19.6 Å². The third-order valence-electron chi connectivity index (χ3n) is 5.69. The molecule has 0 radical (unpaired) electrons. The number of anilines is 1. The maximum atomic E-state index is 12.9. The molecule has 0 N–H and O–H groups in total. The first kappa shape index (κ1) is 16.9. The van der Waals surface area contributed by atoms with Crippen molar-refractivity contribution in [2.45, 2.75) is 13.5 Å². The zero-order valence-electron chi connectivity index (χ0n) is 15.6. The first-order valence-corrected chi connectivity index (χ1v) is 9.49. The van der Waals surface area contributed by atoms with Gasteiger partial charge in [-0.1, -0.05) is 42.5 Å². The van der Waals surface area contributed by atoms with E-state index in [1.807, 2.05) is 66.4 Å². The van der Waals surface area contributed by atoms with Gasteiger partial charge in [-0.3, -0.25) is 14.5 Å². The van der Waals surface area contributed by atoms with Gasteiger partial charge in [-0.25, -0.2) is 9.97 Å². The Morgan fingerprint density at radius 2 is 1.43 bits per heavy atom. The molecule has 0 spiro atoms. The van der Waals surface area contributed by atoms with E-state index in [1.165, 1.54) is 4.90 Å². The molecule has 2 atom stereocenters. The minimum Gasteiger partial charge on any atom is -0.353 e. The molecule has 140 valence electrons. The summed E-state index contributed by atoms with van der Waals surface area (Å²) in [4.78, 5) is 38.7. The van der Waals surface area contributed by atoms with E-state index in [0.717, 1.165) is 28.1 Å². The summed E-state index contributed by atoms with van der Waals surface area (Å²) in [6.45, 7) is 3.29. The van der Waals surface area contributed by atoms with E-state index < -0.39 is 0 Å². The zero-order chi connectivity index (χ0) is 19.3. The van der Waals surface area contributed by atoms with Crippen LogP contribution in [0, 0.1) is 18.8 Å². The van der Waals surface area contributed by atoms with Gasteiger partial charge >= 0.3 is 0 Å². The lowest BCUT2D eigenvalue weighted by molar-refractivity contribution is -0.140. The molecule has 3 heterocycles. The van der Waals surface area contributed by atoms with E-state index in [9.17, 15) is 9.59 Å². The van der Waals surface area contributed by atoms with E-state index in [2.05, 4.69) is 4.98 Å². The van der Waals surface area contributed by atoms with Crippen molar-refractivity contribution < 1.29 is 9.59 Å². The van der Waals surface area contributed by atoms with E-state index >= 15 is 0 Å². The second-order valence-electron chi connectivity index (χ2n) is 7.49. The molecule has 2 amide bonds. The zero-order valence-corrected chi connectivity index (χ0v) is 15.6. The van der Waals surface area contributed by atoms with Crippen LogP contribution in [0.15, 0.2) is 54.6 Å². The largest absolute Gasteiger partial charge is 0.353 e. The van der Waals surface area contributed by atoms with Crippen molar-refractivity contribution in [1.82, 2.24) is 14.9 Å². The van der Waals surface area contributed by atoms with Gasteiger partial charge in [0.1, 0.15) is 0 Å². The summed E-state index contributed by atoms with van der Waals surface area (Å²) in [6.07, 6.45) is 0. The Morgan fingerprint density at radius 3 is 2.07 bits per heavy atom. The molecule has 2 saturated heterocycles. The van der Waals surface area contributed by atoms with Gasteiger partial charge in [0.25, 0.3) is 0 Å². The highest BCUT2D eigenvalue weighted by Gasteiger charge is 2.52. The molecule has 0 bridgehead atoms. The number of carbonyl (C=O) groups is 2. The Balaban J connectivity index is 1.39. The molecule has 0 aliphatic carbocycles. The van der Waals surface area contributed by atoms with Gasteiger partial charge in [0.15, 0.2) is 5.82 Å². The number of fused-ring (bicyclic) bond motifs is 2. The Hall–Kier alpha value is -3.28. The monoisotopic (exact) mass is 372 g/mol. The minimum absolute atomic E-state index is 0.0762. The number of rotatable bonds is 3. The van der Waals surface area contributed by atoms with E-state index in [4.69, 9.17) is 4.98 Å². The fraction of sp³-hybridized carbons (Fsp3) is 0.273. The summed E-state index contributed by atoms with van der Waals surface area (Å²) < 4.78 is 0. The minimum atomic E-state index is -0.302.